The molecule has 8 nitrogen and oxygen atoms in total. The minimum absolute atomic E-state index is 0.0903. The van der Waals surface area contributed by atoms with Crippen LogP contribution in [0.2, 0.25) is 0 Å². The summed E-state index contributed by atoms with van der Waals surface area (Å²) in [6, 6.07) is 5.00. The number of rotatable bonds is 9. The van der Waals surface area contributed by atoms with E-state index in [1.54, 1.807) is 4.90 Å². The van der Waals surface area contributed by atoms with E-state index < -0.39 is 29.1 Å². The van der Waals surface area contributed by atoms with Crippen LogP contribution in [0, 0.1) is 25.7 Å². The molecular formula is C26H37N3O5. The highest BCUT2D eigenvalue weighted by Gasteiger charge is 2.78. The van der Waals surface area contributed by atoms with Crippen LogP contribution in [0.1, 0.15) is 57.1 Å². The molecule has 0 radical (unpaired) electrons. The summed E-state index contributed by atoms with van der Waals surface area (Å²) in [7, 11) is 0. The fraction of sp³-hybridized carbons (Fsp3) is 0.654. The molecule has 1 aromatic carbocycles. The van der Waals surface area contributed by atoms with Gasteiger partial charge in [0.15, 0.2) is 0 Å². The molecule has 8 heteroatoms. The third-order valence-electron chi connectivity index (χ3n) is 7.97. The molecule has 3 fully saturated rings. The van der Waals surface area contributed by atoms with Crippen molar-refractivity contribution in [3.05, 3.63) is 29.3 Å². The van der Waals surface area contributed by atoms with E-state index in [9.17, 15) is 19.5 Å². The second kappa shape index (κ2) is 9.30. The van der Waals surface area contributed by atoms with E-state index in [-0.39, 0.29) is 30.9 Å². The summed E-state index contributed by atoms with van der Waals surface area (Å²) in [4.78, 5) is 42.5. The Bertz CT molecular complexity index is 981. The first kappa shape index (κ1) is 24.7. The Kier molecular flexibility index (Phi) is 6.75. The smallest absolute Gasteiger partial charge is 0.250 e. The minimum atomic E-state index is -1.04. The van der Waals surface area contributed by atoms with Crippen molar-refractivity contribution in [1.29, 1.82) is 0 Å². The van der Waals surface area contributed by atoms with Crippen molar-refractivity contribution in [3.63, 3.8) is 0 Å². The summed E-state index contributed by atoms with van der Waals surface area (Å²) in [6.07, 6.45) is 2.94. The van der Waals surface area contributed by atoms with Crippen molar-refractivity contribution in [2.75, 3.05) is 25.0 Å². The van der Waals surface area contributed by atoms with Crippen LogP contribution >= 0.6 is 0 Å². The molecule has 4 rings (SSSR count). The number of likely N-dealkylation sites (tertiary alicyclic amines) is 1. The number of aryl methyl sites for hydroxylation is 2. The summed E-state index contributed by atoms with van der Waals surface area (Å²) in [5.74, 6) is -2.02. The summed E-state index contributed by atoms with van der Waals surface area (Å²) in [5.41, 5.74) is 0.872. The maximum Gasteiger partial charge on any atom is 0.250 e. The van der Waals surface area contributed by atoms with E-state index >= 15 is 0 Å². The zero-order valence-corrected chi connectivity index (χ0v) is 20.6. The first-order valence-corrected chi connectivity index (χ1v) is 12.5. The molecule has 0 aliphatic carbocycles. The average Bonchev–Trinajstić information content (AvgIpc) is 3.42. The Labute approximate surface area is 201 Å². The number of hydrogen-bond donors (Lipinski definition) is 3. The molecule has 1 spiro atoms. The van der Waals surface area contributed by atoms with Crippen LogP contribution in [0.15, 0.2) is 18.2 Å². The van der Waals surface area contributed by atoms with Gasteiger partial charge in [0.1, 0.15) is 11.6 Å². The highest BCUT2D eigenvalue weighted by molar-refractivity contribution is 6.04. The van der Waals surface area contributed by atoms with Crippen molar-refractivity contribution in [2.24, 2.45) is 11.8 Å². The molecule has 3 aliphatic heterocycles. The minimum Gasteiger partial charge on any atom is -0.396 e. The van der Waals surface area contributed by atoms with Crippen molar-refractivity contribution in [3.8, 4) is 0 Å². The van der Waals surface area contributed by atoms with Gasteiger partial charge in [0.25, 0.3) is 0 Å². The van der Waals surface area contributed by atoms with Gasteiger partial charge in [0.05, 0.1) is 17.4 Å². The van der Waals surface area contributed by atoms with Crippen molar-refractivity contribution in [2.45, 2.75) is 77.0 Å². The Hall–Kier alpha value is -2.45. The summed E-state index contributed by atoms with van der Waals surface area (Å²) < 4.78 is 6.69. The number of carbonyl (C=O) groups is 3. The van der Waals surface area contributed by atoms with E-state index in [4.69, 9.17) is 4.74 Å². The molecule has 5 atom stereocenters. The monoisotopic (exact) mass is 471 g/mol. The summed E-state index contributed by atoms with van der Waals surface area (Å²) in [6.45, 7) is 8.55. The standard InChI is InChI=1S/C26H37N3O5/c1-5-12-27-22(31)19-20-24(33)29(13-7-14-30)21(26(20)11-10-25(19,6-2)34-26)23(32)28-18-15-16(3)8-9-17(18)4/h8-9,15,19-21,30H,5-7,10-14H2,1-4H3,(H,27,31)(H,28,32)/t19-,20-,21?,25+,26?/m0/s1. The summed E-state index contributed by atoms with van der Waals surface area (Å²) >= 11 is 0. The van der Waals surface area contributed by atoms with Gasteiger partial charge in [-0.15, -0.1) is 0 Å². The molecule has 1 aromatic rings. The summed E-state index contributed by atoms with van der Waals surface area (Å²) in [5, 5.41) is 15.5. The van der Waals surface area contributed by atoms with Crippen LogP contribution in [0.3, 0.4) is 0 Å². The normalized spacial score (nSPS) is 31.6. The predicted molar refractivity (Wildman–Crippen MR) is 128 cm³/mol. The topological polar surface area (TPSA) is 108 Å². The Balaban J connectivity index is 1.73. The number of aliphatic hydroxyl groups excluding tert-OH is 1. The van der Waals surface area contributed by atoms with E-state index in [0.717, 1.165) is 17.5 Å². The molecule has 0 saturated carbocycles. The van der Waals surface area contributed by atoms with E-state index in [1.165, 1.54) is 0 Å². The number of ether oxygens (including phenoxy) is 1. The lowest BCUT2D eigenvalue weighted by molar-refractivity contribution is -0.146. The van der Waals surface area contributed by atoms with Gasteiger partial charge in [-0.1, -0.05) is 26.0 Å². The van der Waals surface area contributed by atoms with Gasteiger partial charge >= 0.3 is 0 Å². The fourth-order valence-corrected chi connectivity index (χ4v) is 6.33. The SMILES string of the molecule is CCCNC(=O)[C@@H]1[C@H]2C(=O)N(CCCO)C(C(=O)Nc3cc(C)ccc3C)C23CC[C@@]1(CC)O3. The van der Waals surface area contributed by atoms with Crippen molar-refractivity contribution in [1.82, 2.24) is 10.2 Å². The molecule has 3 amide bonds. The Morgan fingerprint density at radius 3 is 2.65 bits per heavy atom. The Morgan fingerprint density at radius 2 is 1.97 bits per heavy atom. The largest absolute Gasteiger partial charge is 0.396 e. The maximum absolute atomic E-state index is 13.8. The molecule has 34 heavy (non-hydrogen) atoms. The highest BCUT2D eigenvalue weighted by Crippen LogP contribution is 2.64. The molecule has 186 valence electrons. The number of nitrogens with one attached hydrogen (secondary N) is 2. The number of nitrogens with zero attached hydrogens (tertiary/aromatic N) is 1. The van der Waals surface area contributed by atoms with Crippen molar-refractivity contribution < 1.29 is 24.2 Å². The second-order valence-electron chi connectivity index (χ2n) is 10.0. The van der Waals surface area contributed by atoms with Crippen LogP contribution in [-0.4, -0.2) is 64.7 Å². The molecule has 2 unspecified atom stereocenters. The second-order valence-corrected chi connectivity index (χ2v) is 10.0. The molecule has 3 heterocycles. The van der Waals surface area contributed by atoms with E-state index in [2.05, 4.69) is 10.6 Å². The van der Waals surface area contributed by atoms with Gasteiger partial charge in [-0.2, -0.15) is 0 Å². The van der Waals surface area contributed by atoms with Gasteiger partial charge < -0.3 is 25.4 Å². The fourth-order valence-electron chi connectivity index (χ4n) is 6.33. The average molecular weight is 472 g/mol. The third-order valence-corrected chi connectivity index (χ3v) is 7.97. The molecule has 3 saturated heterocycles. The first-order valence-electron chi connectivity index (χ1n) is 12.5. The molecule has 0 aromatic heterocycles. The van der Waals surface area contributed by atoms with E-state index in [0.29, 0.717) is 37.9 Å². The molecular weight excluding hydrogens is 434 g/mol. The zero-order chi connectivity index (χ0) is 24.7. The van der Waals surface area contributed by atoms with Crippen LogP contribution in [0.4, 0.5) is 5.69 Å². The van der Waals surface area contributed by atoms with Crippen LogP contribution in [0.25, 0.3) is 0 Å². The number of aliphatic hydroxyl groups is 1. The number of fused-ring (bicyclic) bond motifs is 1. The predicted octanol–water partition coefficient (Wildman–Crippen LogP) is 2.31. The first-order chi connectivity index (χ1) is 16.2. The van der Waals surface area contributed by atoms with Gasteiger partial charge in [-0.3, -0.25) is 14.4 Å². The quantitative estimate of drug-likeness (QED) is 0.512. The van der Waals surface area contributed by atoms with E-state index in [1.807, 2.05) is 45.9 Å². The highest BCUT2D eigenvalue weighted by atomic mass is 16.5. The molecule has 2 bridgehead atoms. The molecule has 3 aliphatic rings. The maximum atomic E-state index is 13.8. The lowest BCUT2D eigenvalue weighted by Gasteiger charge is -2.34. The van der Waals surface area contributed by atoms with Crippen LogP contribution in [0.5, 0.6) is 0 Å². The number of hydrogen-bond acceptors (Lipinski definition) is 5. The lowest BCUT2D eigenvalue weighted by Crippen LogP contribution is -2.53. The van der Waals surface area contributed by atoms with Gasteiger partial charge in [-0.25, -0.2) is 0 Å². The number of benzene rings is 1. The third kappa shape index (κ3) is 3.71. The van der Waals surface area contributed by atoms with Gasteiger partial charge in [0.2, 0.25) is 17.7 Å². The van der Waals surface area contributed by atoms with Crippen LogP contribution in [-0.2, 0) is 19.1 Å². The number of anilines is 1. The van der Waals surface area contributed by atoms with Crippen LogP contribution < -0.4 is 10.6 Å². The zero-order valence-electron chi connectivity index (χ0n) is 20.6. The lowest BCUT2D eigenvalue weighted by atomic mass is 9.65. The van der Waals surface area contributed by atoms with Gasteiger partial charge in [-0.05, 0) is 63.1 Å². The number of amides is 3. The van der Waals surface area contributed by atoms with Crippen molar-refractivity contribution >= 4 is 23.4 Å². The molecule has 3 N–H and O–H groups in total. The van der Waals surface area contributed by atoms with Gasteiger partial charge in [0, 0.05) is 25.4 Å². The Morgan fingerprint density at radius 1 is 1.21 bits per heavy atom. The number of carbonyl (C=O) groups excluding carboxylic acids is 3.